The van der Waals surface area contributed by atoms with Crippen LogP contribution in [-0.2, 0) is 16.4 Å². The van der Waals surface area contributed by atoms with Gasteiger partial charge in [0.1, 0.15) is 29.2 Å². The predicted molar refractivity (Wildman–Crippen MR) is 301 cm³/mol. The number of hydrogen-bond acceptors (Lipinski definition) is 4. The van der Waals surface area contributed by atoms with Crippen molar-refractivity contribution in [2.45, 2.75) is 160 Å². The van der Waals surface area contributed by atoms with Crippen LogP contribution in [0.2, 0.25) is 0 Å². The maximum Gasteiger partial charge on any atom is 0.137 e. The third-order valence-corrected chi connectivity index (χ3v) is 17.0. The van der Waals surface area contributed by atoms with Crippen molar-refractivity contribution in [2.75, 3.05) is 4.90 Å². The van der Waals surface area contributed by atoms with E-state index in [0.29, 0.717) is 0 Å². The molecule has 0 bridgehead atoms. The number of ether oxygens (including phenoxy) is 1. The lowest BCUT2D eigenvalue weighted by atomic mass is 9.66. The quantitative estimate of drug-likeness (QED) is 0.167. The van der Waals surface area contributed by atoms with Gasteiger partial charge in [0.05, 0.1) is 16.6 Å². The highest BCUT2D eigenvalue weighted by Crippen LogP contribution is 2.61. The SMILES string of the molecule is Cc1cc2c(c(C)c1C)-c1c(cc(C)c(C)c1C)[C@@]1(C)[C@@H]2N=C(c2cc(Oc3ccc4c5cc(C(C)(C)C)ccc5n(-c5cc(C(C)(C)C)ccn5)c4c3)cc(C(C)C)c2)N1c1c(C)c(C)cc(C)c1C. The van der Waals surface area contributed by atoms with Crippen LogP contribution in [0.1, 0.15) is 163 Å². The van der Waals surface area contributed by atoms with Gasteiger partial charge in [0.15, 0.2) is 0 Å². The molecule has 10 rings (SSSR count). The summed E-state index contributed by atoms with van der Waals surface area (Å²) in [5.74, 6) is 3.67. The standard InChI is InChI=1S/C66H74N4O/c1-35(2)46-29-47(31-51(30-46)71-50-21-22-52-53-32-48(64(13,14)15)20-23-56(53)69(57(52)34-50)58-33-49(24-25-67-58)65(16,17)18)63-68-62-54-27-38(5)40(7)44(11)59(54)60-45(12)41(8)39(6)28-55(60)66(62,19)70(63)61-42(9)36(3)26-37(4)43(61)10/h20-35,62H,1-19H3/t62-,66+/m1/s1. The molecule has 2 atom stereocenters. The van der Waals surface area contributed by atoms with Gasteiger partial charge < -0.3 is 9.64 Å². The number of aliphatic imine (C=N–C) groups is 1. The van der Waals surface area contributed by atoms with Crippen molar-refractivity contribution in [2.24, 2.45) is 4.99 Å². The average Bonchev–Trinajstić information content (AvgIpc) is 3.81. The molecule has 0 saturated heterocycles. The highest BCUT2D eigenvalue weighted by molar-refractivity contribution is 6.15. The second-order valence-electron chi connectivity index (χ2n) is 23.9. The molecule has 0 radical (unpaired) electrons. The third kappa shape index (κ3) is 7.47. The second kappa shape index (κ2) is 16.6. The van der Waals surface area contributed by atoms with Crippen LogP contribution in [0.15, 0.2) is 96.1 Å². The molecule has 0 saturated carbocycles. The maximum absolute atomic E-state index is 7.19. The minimum Gasteiger partial charge on any atom is -0.457 e. The van der Waals surface area contributed by atoms with Crippen LogP contribution >= 0.6 is 0 Å². The number of fused-ring (bicyclic) bond motifs is 9. The monoisotopic (exact) mass is 939 g/mol. The van der Waals surface area contributed by atoms with Crippen molar-refractivity contribution in [1.82, 2.24) is 9.55 Å². The fraction of sp³-hybridized carbons (Fsp3) is 0.364. The molecule has 1 aliphatic carbocycles. The molecule has 1 aliphatic heterocycles. The Kier molecular flexibility index (Phi) is 11.2. The average molecular weight is 939 g/mol. The van der Waals surface area contributed by atoms with Crippen LogP contribution in [0.25, 0.3) is 38.8 Å². The molecule has 0 N–H and O–H groups in total. The molecular formula is C66H74N4O. The summed E-state index contributed by atoms with van der Waals surface area (Å²) in [6.07, 6.45) is 1.95. The molecule has 0 fully saturated rings. The first-order valence-corrected chi connectivity index (χ1v) is 25.9. The van der Waals surface area contributed by atoms with Crippen LogP contribution < -0.4 is 9.64 Å². The Morgan fingerprint density at radius 1 is 0.563 bits per heavy atom. The van der Waals surface area contributed by atoms with Gasteiger partial charge in [-0.2, -0.15) is 0 Å². The number of pyridine rings is 1. The number of nitrogens with zero attached hydrogens (tertiary/aromatic N) is 4. The van der Waals surface area contributed by atoms with Gasteiger partial charge in [-0.05, 0) is 242 Å². The Balaban J connectivity index is 1.20. The third-order valence-electron chi connectivity index (χ3n) is 17.0. The molecule has 71 heavy (non-hydrogen) atoms. The summed E-state index contributed by atoms with van der Waals surface area (Å²) in [6.45, 7) is 43.6. The number of aromatic nitrogens is 2. The minimum absolute atomic E-state index is 0.000211. The minimum atomic E-state index is -0.552. The van der Waals surface area contributed by atoms with Crippen molar-refractivity contribution in [3.8, 4) is 28.4 Å². The van der Waals surface area contributed by atoms with Crippen LogP contribution in [0.5, 0.6) is 11.5 Å². The molecule has 364 valence electrons. The summed E-state index contributed by atoms with van der Waals surface area (Å²) in [7, 11) is 0. The van der Waals surface area contributed by atoms with Gasteiger partial charge in [-0.3, -0.25) is 9.56 Å². The van der Waals surface area contributed by atoms with Gasteiger partial charge in [0.2, 0.25) is 0 Å². The molecule has 6 aromatic carbocycles. The number of benzene rings is 6. The first-order valence-electron chi connectivity index (χ1n) is 25.9. The van der Waals surface area contributed by atoms with Gasteiger partial charge in [-0.1, -0.05) is 79.7 Å². The largest absolute Gasteiger partial charge is 0.457 e. The van der Waals surface area contributed by atoms with Gasteiger partial charge in [-0.25, -0.2) is 4.98 Å². The Morgan fingerprint density at radius 3 is 1.83 bits per heavy atom. The van der Waals surface area contributed by atoms with Crippen LogP contribution in [0.3, 0.4) is 0 Å². The molecule has 8 aromatic rings. The second-order valence-corrected chi connectivity index (χ2v) is 23.9. The molecule has 0 spiro atoms. The van der Waals surface area contributed by atoms with E-state index in [2.05, 4.69) is 226 Å². The summed E-state index contributed by atoms with van der Waals surface area (Å²) in [5.41, 5.74) is 26.2. The van der Waals surface area contributed by atoms with Crippen molar-refractivity contribution in [1.29, 1.82) is 0 Å². The van der Waals surface area contributed by atoms with E-state index in [4.69, 9.17) is 14.7 Å². The lowest BCUT2D eigenvalue weighted by molar-refractivity contribution is 0.420. The number of anilines is 1. The fourth-order valence-corrected chi connectivity index (χ4v) is 11.9. The maximum atomic E-state index is 7.19. The Labute approximate surface area is 424 Å². The zero-order valence-electron chi connectivity index (χ0n) is 46.0. The summed E-state index contributed by atoms with van der Waals surface area (Å²) in [6, 6.07) is 31.9. The Hall–Kier alpha value is -6.46. The molecule has 5 nitrogen and oxygen atoms in total. The molecule has 5 heteroatoms. The van der Waals surface area contributed by atoms with Crippen LogP contribution in [0.4, 0.5) is 5.69 Å². The normalized spacial score (nSPS) is 16.8. The number of rotatable bonds is 6. The van der Waals surface area contributed by atoms with E-state index in [1.165, 1.54) is 111 Å². The van der Waals surface area contributed by atoms with Crippen molar-refractivity contribution in [3.63, 3.8) is 0 Å². The van der Waals surface area contributed by atoms with E-state index < -0.39 is 5.54 Å². The number of hydrogen-bond donors (Lipinski definition) is 0. The molecular weight excluding hydrogens is 865 g/mol. The van der Waals surface area contributed by atoms with Gasteiger partial charge >= 0.3 is 0 Å². The van der Waals surface area contributed by atoms with Crippen LogP contribution in [-0.4, -0.2) is 15.4 Å². The number of aryl methyl sites for hydroxylation is 4. The summed E-state index contributed by atoms with van der Waals surface area (Å²) < 4.78 is 9.51. The Morgan fingerprint density at radius 2 is 1.18 bits per heavy atom. The topological polar surface area (TPSA) is 42.6 Å². The fourth-order valence-electron chi connectivity index (χ4n) is 11.9. The van der Waals surface area contributed by atoms with Crippen molar-refractivity contribution in [3.05, 3.63) is 180 Å². The molecule has 2 aromatic heterocycles. The van der Waals surface area contributed by atoms with Crippen LogP contribution in [0, 0.1) is 69.2 Å². The highest BCUT2D eigenvalue weighted by Gasteiger charge is 2.55. The zero-order valence-corrected chi connectivity index (χ0v) is 46.0. The highest BCUT2D eigenvalue weighted by atomic mass is 16.5. The van der Waals surface area contributed by atoms with Crippen molar-refractivity contribution < 1.29 is 4.74 Å². The smallest absolute Gasteiger partial charge is 0.137 e. The van der Waals surface area contributed by atoms with E-state index in [9.17, 15) is 0 Å². The number of amidine groups is 1. The van der Waals surface area contributed by atoms with E-state index >= 15 is 0 Å². The first-order chi connectivity index (χ1) is 33.3. The molecule has 0 unspecified atom stereocenters. The summed E-state index contributed by atoms with van der Waals surface area (Å²) in [5, 5.41) is 2.38. The van der Waals surface area contributed by atoms with E-state index in [-0.39, 0.29) is 22.8 Å². The van der Waals surface area contributed by atoms with E-state index in [1.807, 2.05) is 6.20 Å². The zero-order chi connectivity index (χ0) is 51.1. The van der Waals surface area contributed by atoms with E-state index in [1.54, 1.807) is 0 Å². The first kappa shape index (κ1) is 48.2. The lowest BCUT2D eigenvalue weighted by Gasteiger charge is -2.47. The lowest BCUT2D eigenvalue weighted by Crippen LogP contribution is -2.49. The Bertz CT molecular complexity index is 3560. The van der Waals surface area contributed by atoms with Gasteiger partial charge in [-0.15, -0.1) is 0 Å². The van der Waals surface area contributed by atoms with E-state index in [0.717, 1.165) is 39.7 Å². The molecule has 2 aliphatic rings. The van der Waals surface area contributed by atoms with Gasteiger partial charge in [0, 0.05) is 34.3 Å². The molecule has 0 amide bonds. The van der Waals surface area contributed by atoms with Gasteiger partial charge in [0.25, 0.3) is 0 Å². The van der Waals surface area contributed by atoms with Crippen molar-refractivity contribution >= 4 is 33.3 Å². The summed E-state index contributed by atoms with van der Waals surface area (Å²) >= 11 is 0. The molecule has 3 heterocycles. The summed E-state index contributed by atoms with van der Waals surface area (Å²) in [4.78, 5) is 13.7. The predicted octanol–water partition coefficient (Wildman–Crippen LogP) is 17.7.